The number of ether oxygens (including phenoxy) is 1. The number of nitrogens with zero attached hydrogens (tertiary/aromatic N) is 3. The molecule has 0 fully saturated rings. The number of benzene rings is 1. The second-order valence-corrected chi connectivity index (χ2v) is 4.55. The molecule has 6 nitrogen and oxygen atoms in total. The maximum Gasteiger partial charge on any atom is 0.254 e. The second-order valence-electron chi connectivity index (χ2n) is 3.78. The van der Waals surface area contributed by atoms with Crippen molar-refractivity contribution in [2.24, 2.45) is 0 Å². The van der Waals surface area contributed by atoms with Crippen molar-refractivity contribution in [1.29, 1.82) is 0 Å². The van der Waals surface area contributed by atoms with Crippen LogP contribution in [0.4, 0.5) is 11.4 Å². The van der Waals surface area contributed by atoms with Crippen molar-refractivity contribution in [2.75, 3.05) is 12.4 Å². The Hall–Kier alpha value is -2.36. The van der Waals surface area contributed by atoms with Crippen molar-refractivity contribution >= 4 is 40.5 Å². The fourth-order valence-corrected chi connectivity index (χ4v) is 1.87. The number of hydrogen-bond acceptors (Lipinski definition) is 4. The highest BCUT2D eigenvalue weighted by Gasteiger charge is 2.16. The molecule has 0 atom stereocenters. The average Bonchev–Trinajstić information content (AvgIpc) is 2.49. The molecule has 0 aliphatic heterocycles. The van der Waals surface area contributed by atoms with Crippen molar-refractivity contribution < 1.29 is 9.53 Å². The molecule has 0 saturated heterocycles. The van der Waals surface area contributed by atoms with Crippen molar-refractivity contribution in [3.8, 4) is 5.88 Å². The Morgan fingerprint density at radius 1 is 1.38 bits per heavy atom. The molecule has 2 aromatic rings. The van der Waals surface area contributed by atoms with E-state index in [0.29, 0.717) is 0 Å². The first-order chi connectivity index (χ1) is 10.1. The van der Waals surface area contributed by atoms with E-state index in [9.17, 15) is 4.79 Å². The summed E-state index contributed by atoms with van der Waals surface area (Å²) in [6.45, 7) is 6.99. The minimum Gasteiger partial charge on any atom is -0.479 e. The summed E-state index contributed by atoms with van der Waals surface area (Å²) in [4.78, 5) is 23.0. The molecule has 1 aromatic carbocycles. The molecule has 1 aromatic heterocycles. The number of nitrogens with one attached hydrogen (secondary N) is 1. The Morgan fingerprint density at radius 3 is 2.81 bits per heavy atom. The second kappa shape index (κ2) is 6.39. The van der Waals surface area contributed by atoms with Crippen LogP contribution in [-0.2, 0) is 0 Å². The van der Waals surface area contributed by atoms with Crippen LogP contribution < -0.4 is 10.1 Å². The van der Waals surface area contributed by atoms with Crippen molar-refractivity contribution in [2.45, 2.75) is 0 Å². The summed E-state index contributed by atoms with van der Waals surface area (Å²) in [7, 11) is 1.40. The zero-order chi connectivity index (χ0) is 15.4. The number of halogens is 2. The third-order valence-corrected chi connectivity index (χ3v) is 3.13. The van der Waals surface area contributed by atoms with Crippen molar-refractivity contribution in [1.82, 2.24) is 9.97 Å². The van der Waals surface area contributed by atoms with Gasteiger partial charge in [-0.25, -0.2) is 9.83 Å². The zero-order valence-electron chi connectivity index (χ0n) is 10.7. The summed E-state index contributed by atoms with van der Waals surface area (Å²) in [5.74, 6) is -0.339. The minimum absolute atomic E-state index is 0.0505. The number of carbonyl (C=O) groups is 1. The number of rotatable bonds is 3. The summed E-state index contributed by atoms with van der Waals surface area (Å²) in [6, 6.07) is 4.36. The van der Waals surface area contributed by atoms with E-state index in [0.717, 1.165) is 0 Å². The summed E-state index contributed by atoms with van der Waals surface area (Å²) >= 11 is 11.7. The first-order valence-electron chi connectivity index (χ1n) is 5.59. The Balaban J connectivity index is 2.33. The van der Waals surface area contributed by atoms with Gasteiger partial charge in [-0.05, 0) is 6.07 Å². The van der Waals surface area contributed by atoms with Crippen LogP contribution in [-0.4, -0.2) is 23.0 Å². The van der Waals surface area contributed by atoms with Crippen molar-refractivity contribution in [3.63, 3.8) is 0 Å². The van der Waals surface area contributed by atoms with Gasteiger partial charge in [0.2, 0.25) is 11.6 Å². The van der Waals surface area contributed by atoms with Gasteiger partial charge < -0.3 is 10.1 Å². The maximum absolute atomic E-state index is 12.2. The quantitative estimate of drug-likeness (QED) is 0.692. The van der Waals surface area contributed by atoms with Crippen LogP contribution in [0.2, 0.25) is 10.2 Å². The summed E-state index contributed by atoms with van der Waals surface area (Å²) in [6.07, 6.45) is 1.22. The number of aromatic nitrogens is 2. The predicted molar refractivity (Wildman–Crippen MR) is 79.3 cm³/mol. The van der Waals surface area contributed by atoms with E-state index >= 15 is 0 Å². The number of hydrogen-bond donors (Lipinski definition) is 1. The molecule has 0 spiro atoms. The third-order valence-electron chi connectivity index (χ3n) is 2.53. The molecule has 1 heterocycles. The summed E-state index contributed by atoms with van der Waals surface area (Å²) in [5, 5.41) is 2.88. The molecule has 0 aliphatic carbocycles. The number of amides is 1. The van der Waals surface area contributed by atoms with Crippen LogP contribution in [0.25, 0.3) is 4.85 Å². The molecule has 0 radical (unpaired) electrons. The van der Waals surface area contributed by atoms with Crippen molar-refractivity contribution in [3.05, 3.63) is 51.7 Å². The molecule has 1 N–H and O–H groups in total. The molecule has 8 heteroatoms. The predicted octanol–water partition coefficient (Wildman–Crippen LogP) is 3.60. The van der Waals surface area contributed by atoms with Gasteiger partial charge in [0.1, 0.15) is 12.0 Å². The van der Waals surface area contributed by atoms with Crippen LogP contribution in [0, 0.1) is 6.57 Å². The molecule has 0 saturated carbocycles. The van der Waals surface area contributed by atoms with E-state index in [2.05, 4.69) is 20.1 Å². The molecular formula is C13H8Cl2N4O2. The molecule has 21 heavy (non-hydrogen) atoms. The van der Waals surface area contributed by atoms with Crippen LogP contribution in [0.15, 0.2) is 24.5 Å². The van der Waals surface area contributed by atoms with E-state index in [-0.39, 0.29) is 33.0 Å². The largest absolute Gasteiger partial charge is 0.479 e. The Bertz CT molecular complexity index is 743. The fraction of sp³-hybridized carbons (Fsp3) is 0.0769. The number of carbonyl (C=O) groups excluding carboxylic acids is 1. The monoisotopic (exact) mass is 322 g/mol. The molecule has 1 amide bonds. The standard InChI is InChI=1S/C13H8Cl2N4O2/c1-16-9-5-7(3-4-8(9)14)12(20)19-10-11(15)17-6-18-13(10)21-2/h3-6H,2H3,(H,19,20). The molecule has 2 rings (SSSR count). The van der Waals surface area contributed by atoms with Gasteiger partial charge in [-0.15, -0.1) is 0 Å². The number of anilines is 1. The Kier molecular flexibility index (Phi) is 4.58. The minimum atomic E-state index is -0.480. The van der Waals surface area contributed by atoms with Gasteiger partial charge in [0, 0.05) is 10.6 Å². The van der Waals surface area contributed by atoms with Gasteiger partial charge in [0.25, 0.3) is 5.91 Å². The van der Waals surface area contributed by atoms with Gasteiger partial charge >= 0.3 is 0 Å². The van der Waals surface area contributed by atoms with Gasteiger partial charge in [0.15, 0.2) is 5.15 Å². The lowest BCUT2D eigenvalue weighted by molar-refractivity contribution is 0.102. The highest BCUT2D eigenvalue weighted by Crippen LogP contribution is 2.30. The van der Waals surface area contributed by atoms with Gasteiger partial charge in [-0.1, -0.05) is 35.3 Å². The third kappa shape index (κ3) is 3.21. The number of methoxy groups -OCH3 is 1. The summed E-state index contributed by atoms with van der Waals surface area (Å²) < 4.78 is 5.01. The molecule has 0 bridgehead atoms. The van der Waals surface area contributed by atoms with E-state index in [1.807, 2.05) is 0 Å². The van der Waals surface area contributed by atoms with E-state index in [1.54, 1.807) is 0 Å². The van der Waals surface area contributed by atoms with Crippen LogP contribution in [0.5, 0.6) is 5.88 Å². The fourth-order valence-electron chi connectivity index (χ4n) is 1.53. The Labute approximate surface area is 130 Å². The maximum atomic E-state index is 12.2. The Morgan fingerprint density at radius 2 is 2.14 bits per heavy atom. The topological polar surface area (TPSA) is 68.5 Å². The smallest absolute Gasteiger partial charge is 0.254 e. The lowest BCUT2D eigenvalue weighted by atomic mass is 10.2. The first-order valence-corrected chi connectivity index (χ1v) is 6.35. The lowest BCUT2D eigenvalue weighted by Crippen LogP contribution is -2.13. The lowest BCUT2D eigenvalue weighted by Gasteiger charge is -2.10. The van der Waals surface area contributed by atoms with Crippen LogP contribution >= 0.6 is 23.2 Å². The molecule has 0 unspecified atom stereocenters. The van der Waals surface area contributed by atoms with Gasteiger partial charge in [0.05, 0.1) is 13.7 Å². The first kappa shape index (κ1) is 15.0. The SMILES string of the molecule is [C-]#[N+]c1cc(C(=O)Nc2c(Cl)ncnc2OC)ccc1Cl. The molecule has 106 valence electrons. The van der Waals surface area contributed by atoms with Gasteiger partial charge in [-0.2, -0.15) is 4.98 Å². The highest BCUT2D eigenvalue weighted by atomic mass is 35.5. The van der Waals surface area contributed by atoms with Gasteiger partial charge in [-0.3, -0.25) is 4.79 Å². The average molecular weight is 323 g/mol. The zero-order valence-corrected chi connectivity index (χ0v) is 12.2. The summed E-state index contributed by atoms with van der Waals surface area (Å²) in [5.41, 5.74) is 0.602. The van der Waals surface area contributed by atoms with Crippen LogP contribution in [0.3, 0.4) is 0 Å². The van der Waals surface area contributed by atoms with E-state index in [1.165, 1.54) is 31.6 Å². The molecule has 0 aliphatic rings. The molecular weight excluding hydrogens is 315 g/mol. The van der Waals surface area contributed by atoms with Crippen LogP contribution in [0.1, 0.15) is 10.4 Å². The normalized spacial score (nSPS) is 9.81. The van der Waals surface area contributed by atoms with E-state index < -0.39 is 5.91 Å². The highest BCUT2D eigenvalue weighted by molar-refractivity contribution is 6.34. The van der Waals surface area contributed by atoms with E-state index in [4.69, 9.17) is 34.5 Å².